The molecule has 1 aromatic rings. The van der Waals surface area contributed by atoms with E-state index in [0.29, 0.717) is 23.8 Å². The first kappa shape index (κ1) is 16.4. The molecule has 0 aromatic heterocycles. The van der Waals surface area contributed by atoms with E-state index in [0.717, 1.165) is 17.7 Å². The number of nitrogens with two attached hydrogens (primary N) is 1. The molecule has 0 aliphatic rings. The van der Waals surface area contributed by atoms with Crippen molar-refractivity contribution >= 4 is 23.1 Å². The van der Waals surface area contributed by atoms with Gasteiger partial charge in [-0.3, -0.25) is 9.69 Å². The van der Waals surface area contributed by atoms with Crippen LogP contribution in [-0.4, -0.2) is 43.0 Å². The Kier molecular flexibility index (Phi) is 6.41. The Morgan fingerprint density at radius 3 is 2.70 bits per heavy atom. The topological polar surface area (TPSA) is 67.6 Å². The van der Waals surface area contributed by atoms with Crippen molar-refractivity contribution in [3.05, 3.63) is 29.3 Å². The summed E-state index contributed by atoms with van der Waals surface area (Å²) in [5, 5.41) is 2.62. The van der Waals surface area contributed by atoms with Gasteiger partial charge in [-0.15, -0.1) is 0 Å². The number of thiocarbonyl (C=S) groups is 1. The van der Waals surface area contributed by atoms with Gasteiger partial charge in [0.2, 0.25) is 5.91 Å². The lowest BCUT2D eigenvalue weighted by atomic mass is 10.1. The molecule has 1 rings (SSSR count). The number of hydrogen-bond donors (Lipinski definition) is 2. The van der Waals surface area contributed by atoms with Crippen molar-refractivity contribution in [3.63, 3.8) is 0 Å². The Balaban J connectivity index is 2.86. The minimum absolute atomic E-state index is 0.00132. The highest BCUT2D eigenvalue weighted by Crippen LogP contribution is 2.21. The second-order valence-electron chi connectivity index (χ2n) is 4.38. The number of nitrogens with zero attached hydrogens (tertiary/aromatic N) is 1. The molecule has 20 heavy (non-hydrogen) atoms. The second-order valence-corrected chi connectivity index (χ2v) is 4.82. The summed E-state index contributed by atoms with van der Waals surface area (Å²) < 4.78 is 5.30. The van der Waals surface area contributed by atoms with Crippen LogP contribution >= 0.6 is 12.2 Å². The van der Waals surface area contributed by atoms with Crippen molar-refractivity contribution in [1.29, 1.82) is 0 Å². The Bertz CT molecular complexity index is 491. The first-order valence-electron chi connectivity index (χ1n) is 6.41. The summed E-state index contributed by atoms with van der Waals surface area (Å²) in [6.45, 7) is 3.83. The van der Waals surface area contributed by atoms with Crippen LogP contribution in [0, 0.1) is 0 Å². The molecule has 3 N–H and O–H groups in total. The van der Waals surface area contributed by atoms with Gasteiger partial charge < -0.3 is 15.8 Å². The highest BCUT2D eigenvalue weighted by atomic mass is 32.1. The van der Waals surface area contributed by atoms with Crippen LogP contribution in [0.3, 0.4) is 0 Å². The summed E-state index contributed by atoms with van der Waals surface area (Å²) in [5.74, 6) is 0.657. The number of nitrogens with one attached hydrogen (secondary N) is 1. The predicted molar refractivity (Wildman–Crippen MR) is 83.9 cm³/mol. The van der Waals surface area contributed by atoms with E-state index >= 15 is 0 Å². The van der Waals surface area contributed by atoms with Gasteiger partial charge in [-0.2, -0.15) is 0 Å². The molecule has 1 aromatic carbocycles. The average Bonchev–Trinajstić information content (AvgIpc) is 2.45. The van der Waals surface area contributed by atoms with Gasteiger partial charge in [-0.05, 0) is 24.2 Å². The van der Waals surface area contributed by atoms with E-state index in [-0.39, 0.29) is 5.91 Å². The molecule has 0 bridgehead atoms. The molecular weight excluding hydrogens is 274 g/mol. The Labute approximate surface area is 125 Å². The summed E-state index contributed by atoms with van der Waals surface area (Å²) in [7, 11) is 3.22. The predicted octanol–water partition coefficient (Wildman–Crippen LogP) is 0.897. The van der Waals surface area contributed by atoms with Crippen molar-refractivity contribution < 1.29 is 9.53 Å². The fourth-order valence-corrected chi connectivity index (χ4v) is 2.03. The largest absolute Gasteiger partial charge is 0.496 e. The van der Waals surface area contributed by atoms with Crippen molar-refractivity contribution in [3.8, 4) is 5.75 Å². The molecule has 6 heteroatoms. The van der Waals surface area contributed by atoms with Gasteiger partial charge in [0.15, 0.2) is 0 Å². The first-order chi connectivity index (χ1) is 9.51. The van der Waals surface area contributed by atoms with Crippen LogP contribution in [0.15, 0.2) is 18.2 Å². The minimum Gasteiger partial charge on any atom is -0.496 e. The maximum Gasteiger partial charge on any atom is 0.233 e. The second kappa shape index (κ2) is 7.81. The van der Waals surface area contributed by atoms with Crippen molar-refractivity contribution in [1.82, 2.24) is 10.2 Å². The van der Waals surface area contributed by atoms with Crippen LogP contribution in [0.1, 0.15) is 18.1 Å². The zero-order valence-corrected chi connectivity index (χ0v) is 12.9. The number of rotatable bonds is 7. The van der Waals surface area contributed by atoms with Gasteiger partial charge >= 0.3 is 0 Å². The highest BCUT2D eigenvalue weighted by molar-refractivity contribution is 7.80. The number of ether oxygens (including phenoxy) is 1. The minimum atomic E-state index is -0.00132. The number of amides is 1. The van der Waals surface area contributed by atoms with E-state index in [1.54, 1.807) is 14.2 Å². The van der Waals surface area contributed by atoms with Gasteiger partial charge in [0, 0.05) is 13.6 Å². The summed E-state index contributed by atoms with van der Waals surface area (Å²) >= 11 is 4.98. The van der Waals surface area contributed by atoms with Gasteiger partial charge in [0.05, 0.1) is 19.2 Å². The fraction of sp³-hybridized carbons (Fsp3) is 0.429. The molecular formula is C14H21N3O2S. The Hall–Kier alpha value is -1.66. The molecule has 5 nitrogen and oxygen atoms in total. The molecule has 110 valence electrons. The molecule has 0 saturated heterocycles. The number of likely N-dealkylation sites (N-methyl/N-ethyl adjacent to an activating group) is 2. The fourth-order valence-electron chi connectivity index (χ4n) is 1.86. The molecule has 0 aliphatic heterocycles. The number of hydrogen-bond acceptors (Lipinski definition) is 4. The normalized spacial score (nSPS) is 10.4. The van der Waals surface area contributed by atoms with E-state index < -0.39 is 0 Å². The molecule has 0 saturated carbocycles. The monoisotopic (exact) mass is 295 g/mol. The van der Waals surface area contributed by atoms with E-state index in [2.05, 4.69) is 5.32 Å². The van der Waals surface area contributed by atoms with Crippen LogP contribution in [0.4, 0.5) is 0 Å². The summed E-state index contributed by atoms with van der Waals surface area (Å²) in [6.07, 6.45) is 0. The average molecular weight is 295 g/mol. The van der Waals surface area contributed by atoms with Gasteiger partial charge in [-0.25, -0.2) is 0 Å². The number of methoxy groups -OCH3 is 1. The van der Waals surface area contributed by atoms with Crippen LogP contribution in [0.25, 0.3) is 0 Å². The van der Waals surface area contributed by atoms with Gasteiger partial charge in [0.25, 0.3) is 0 Å². The van der Waals surface area contributed by atoms with Crippen LogP contribution in [-0.2, 0) is 11.3 Å². The summed E-state index contributed by atoms with van der Waals surface area (Å²) in [5.41, 5.74) is 7.41. The molecule has 0 heterocycles. The van der Waals surface area contributed by atoms with Crippen LogP contribution < -0.4 is 15.8 Å². The zero-order chi connectivity index (χ0) is 15.1. The van der Waals surface area contributed by atoms with E-state index in [4.69, 9.17) is 22.7 Å². The van der Waals surface area contributed by atoms with E-state index in [9.17, 15) is 4.79 Å². The molecule has 0 aliphatic carbocycles. The number of benzene rings is 1. The quantitative estimate of drug-likeness (QED) is 0.732. The van der Waals surface area contributed by atoms with E-state index in [1.165, 1.54) is 0 Å². The smallest absolute Gasteiger partial charge is 0.233 e. The van der Waals surface area contributed by atoms with Gasteiger partial charge in [-0.1, -0.05) is 25.2 Å². The maximum atomic E-state index is 11.4. The first-order valence-corrected chi connectivity index (χ1v) is 6.82. The summed E-state index contributed by atoms with van der Waals surface area (Å²) in [4.78, 5) is 13.8. The third-order valence-electron chi connectivity index (χ3n) is 3.03. The molecule has 0 radical (unpaired) electrons. The molecule has 0 unspecified atom stereocenters. The molecule has 1 amide bonds. The molecule has 0 spiro atoms. The molecule has 0 fully saturated rings. The van der Waals surface area contributed by atoms with Crippen molar-refractivity contribution in [2.24, 2.45) is 5.73 Å². The summed E-state index contributed by atoms with van der Waals surface area (Å²) in [6, 6.07) is 5.70. The van der Waals surface area contributed by atoms with Crippen LogP contribution in [0.5, 0.6) is 5.75 Å². The number of carbonyl (C=O) groups is 1. The SMILES string of the molecule is CCN(CC(=O)NC)Cc1ccc(C(N)=S)c(OC)c1. The third-order valence-corrected chi connectivity index (χ3v) is 3.25. The van der Waals surface area contributed by atoms with Gasteiger partial charge in [0.1, 0.15) is 10.7 Å². The lowest BCUT2D eigenvalue weighted by Gasteiger charge is -2.20. The lowest BCUT2D eigenvalue weighted by Crippen LogP contribution is -2.35. The number of carbonyl (C=O) groups excluding carboxylic acids is 1. The third kappa shape index (κ3) is 4.47. The zero-order valence-electron chi connectivity index (χ0n) is 12.1. The highest BCUT2D eigenvalue weighted by Gasteiger charge is 2.11. The Morgan fingerprint density at radius 2 is 2.20 bits per heavy atom. The standard InChI is InChI=1S/C14H21N3O2S/c1-4-17(9-13(18)16-2)8-10-5-6-11(14(15)20)12(7-10)19-3/h5-7H,4,8-9H2,1-3H3,(H2,15,20)(H,16,18). The van der Waals surface area contributed by atoms with E-state index in [1.807, 2.05) is 30.0 Å². The molecule has 0 atom stereocenters. The van der Waals surface area contributed by atoms with Crippen molar-refractivity contribution in [2.45, 2.75) is 13.5 Å². The van der Waals surface area contributed by atoms with Crippen LogP contribution in [0.2, 0.25) is 0 Å². The lowest BCUT2D eigenvalue weighted by molar-refractivity contribution is -0.121. The maximum absolute atomic E-state index is 11.4. The Morgan fingerprint density at radius 1 is 1.50 bits per heavy atom. The van der Waals surface area contributed by atoms with Crippen molar-refractivity contribution in [2.75, 3.05) is 27.2 Å².